The Bertz CT molecular complexity index is 569. The van der Waals surface area contributed by atoms with E-state index in [2.05, 4.69) is 28.3 Å². The molecule has 0 spiro atoms. The number of aldehydes is 1. The quantitative estimate of drug-likeness (QED) is 0.873. The van der Waals surface area contributed by atoms with Crippen molar-refractivity contribution in [3.8, 4) is 0 Å². The van der Waals surface area contributed by atoms with Crippen LogP contribution in [0, 0.1) is 5.92 Å². The van der Waals surface area contributed by atoms with Crippen molar-refractivity contribution in [3.05, 3.63) is 34.9 Å². The number of fused-ring (bicyclic) bond motifs is 1. The predicted octanol–water partition coefficient (Wildman–Crippen LogP) is 2.98. The maximum atomic E-state index is 11.3. The molecule has 0 heterocycles. The first-order chi connectivity index (χ1) is 10.7. The molecule has 1 aromatic rings. The molecule has 1 fully saturated rings. The fourth-order valence-corrected chi connectivity index (χ4v) is 3.81. The number of rotatable bonds is 3. The standard InChI is InChI=1S/C18H23NO3/c1-22-18(21)19-17-7-6-16(10-17)15-5-4-13-8-12(11-20)2-3-14(13)9-15/h4-5,9,11-12,16-17H,2-3,6-8,10H2,1H3,(H,19,21). The Morgan fingerprint density at radius 1 is 1.27 bits per heavy atom. The summed E-state index contributed by atoms with van der Waals surface area (Å²) < 4.78 is 4.67. The van der Waals surface area contributed by atoms with E-state index >= 15 is 0 Å². The van der Waals surface area contributed by atoms with Gasteiger partial charge in [-0.15, -0.1) is 0 Å². The highest BCUT2D eigenvalue weighted by Gasteiger charge is 2.28. The Hall–Kier alpha value is -1.84. The van der Waals surface area contributed by atoms with Crippen molar-refractivity contribution < 1.29 is 14.3 Å². The highest BCUT2D eigenvalue weighted by molar-refractivity contribution is 5.67. The summed E-state index contributed by atoms with van der Waals surface area (Å²) in [4.78, 5) is 22.2. The molecule has 4 heteroatoms. The molecule has 0 aromatic heterocycles. The van der Waals surface area contributed by atoms with E-state index in [0.29, 0.717) is 5.92 Å². The average molecular weight is 301 g/mol. The minimum atomic E-state index is -0.337. The first kappa shape index (κ1) is 15.1. The van der Waals surface area contributed by atoms with Crippen molar-refractivity contribution in [2.45, 2.75) is 50.5 Å². The second-order valence-corrected chi connectivity index (χ2v) is 6.51. The van der Waals surface area contributed by atoms with Gasteiger partial charge in [-0.05, 0) is 61.1 Å². The zero-order valence-electron chi connectivity index (χ0n) is 13.0. The average Bonchev–Trinajstić information content (AvgIpc) is 3.02. The van der Waals surface area contributed by atoms with Crippen LogP contribution in [0.5, 0.6) is 0 Å². The number of carbonyl (C=O) groups is 2. The van der Waals surface area contributed by atoms with E-state index in [0.717, 1.165) is 44.8 Å². The molecule has 3 rings (SSSR count). The molecule has 22 heavy (non-hydrogen) atoms. The van der Waals surface area contributed by atoms with Gasteiger partial charge in [-0.3, -0.25) is 0 Å². The molecule has 2 aliphatic rings. The van der Waals surface area contributed by atoms with Gasteiger partial charge in [0.25, 0.3) is 0 Å². The first-order valence-corrected chi connectivity index (χ1v) is 8.11. The van der Waals surface area contributed by atoms with Crippen LogP contribution in [0.25, 0.3) is 0 Å². The zero-order valence-corrected chi connectivity index (χ0v) is 13.0. The summed E-state index contributed by atoms with van der Waals surface area (Å²) in [6.07, 6.45) is 6.70. The molecule has 0 aliphatic heterocycles. The van der Waals surface area contributed by atoms with E-state index in [9.17, 15) is 9.59 Å². The summed E-state index contributed by atoms with van der Waals surface area (Å²) in [5, 5.41) is 2.90. The van der Waals surface area contributed by atoms with Gasteiger partial charge in [-0.1, -0.05) is 18.2 Å². The minimum absolute atomic E-state index is 0.193. The van der Waals surface area contributed by atoms with Crippen molar-refractivity contribution in [3.63, 3.8) is 0 Å². The maximum Gasteiger partial charge on any atom is 0.407 e. The molecule has 4 nitrogen and oxygen atoms in total. The Labute approximate surface area is 131 Å². The van der Waals surface area contributed by atoms with Crippen LogP contribution in [-0.4, -0.2) is 25.5 Å². The van der Waals surface area contributed by atoms with Crippen LogP contribution in [0.3, 0.4) is 0 Å². The SMILES string of the molecule is COC(=O)NC1CCC(c2ccc3c(c2)CCC(C=O)C3)C1. The second-order valence-electron chi connectivity index (χ2n) is 6.51. The van der Waals surface area contributed by atoms with E-state index < -0.39 is 0 Å². The monoisotopic (exact) mass is 301 g/mol. The summed E-state index contributed by atoms with van der Waals surface area (Å²) in [5.41, 5.74) is 4.10. The van der Waals surface area contributed by atoms with Crippen LogP contribution < -0.4 is 5.32 Å². The molecule has 3 unspecified atom stereocenters. The number of methoxy groups -OCH3 is 1. The molecule has 1 N–H and O–H groups in total. The highest BCUT2D eigenvalue weighted by atomic mass is 16.5. The Balaban J connectivity index is 1.67. The lowest BCUT2D eigenvalue weighted by atomic mass is 9.82. The van der Waals surface area contributed by atoms with E-state index in [1.54, 1.807) is 0 Å². The lowest BCUT2D eigenvalue weighted by Crippen LogP contribution is -2.32. The van der Waals surface area contributed by atoms with Crippen LogP contribution in [0.1, 0.15) is 48.3 Å². The first-order valence-electron chi connectivity index (χ1n) is 8.11. The van der Waals surface area contributed by atoms with Gasteiger partial charge < -0.3 is 14.8 Å². The van der Waals surface area contributed by atoms with Gasteiger partial charge >= 0.3 is 6.09 Å². The number of alkyl carbamates (subject to hydrolysis) is 1. The van der Waals surface area contributed by atoms with Crippen LogP contribution in [0.15, 0.2) is 18.2 Å². The molecule has 0 saturated heterocycles. The number of hydrogen-bond donors (Lipinski definition) is 1. The highest BCUT2D eigenvalue weighted by Crippen LogP contribution is 2.36. The fraction of sp³-hybridized carbons (Fsp3) is 0.556. The largest absolute Gasteiger partial charge is 0.453 e. The second kappa shape index (κ2) is 6.51. The molecular weight excluding hydrogens is 278 g/mol. The Morgan fingerprint density at radius 3 is 2.91 bits per heavy atom. The molecule has 0 radical (unpaired) electrons. The van der Waals surface area contributed by atoms with Gasteiger partial charge in [0.05, 0.1) is 7.11 Å². The van der Waals surface area contributed by atoms with Crippen LogP contribution in [0.2, 0.25) is 0 Å². The van der Waals surface area contributed by atoms with E-state index in [1.165, 1.54) is 23.8 Å². The van der Waals surface area contributed by atoms with Gasteiger partial charge in [0.2, 0.25) is 0 Å². The van der Waals surface area contributed by atoms with Crippen molar-refractivity contribution in [1.29, 1.82) is 0 Å². The molecule has 1 saturated carbocycles. The summed E-state index contributed by atoms with van der Waals surface area (Å²) in [7, 11) is 1.40. The zero-order chi connectivity index (χ0) is 15.5. The number of aryl methyl sites for hydroxylation is 1. The van der Waals surface area contributed by atoms with E-state index in [4.69, 9.17) is 0 Å². The topological polar surface area (TPSA) is 55.4 Å². The predicted molar refractivity (Wildman–Crippen MR) is 83.9 cm³/mol. The molecule has 1 aromatic carbocycles. The van der Waals surface area contributed by atoms with Crippen molar-refractivity contribution in [2.75, 3.05) is 7.11 Å². The van der Waals surface area contributed by atoms with Gasteiger partial charge in [-0.2, -0.15) is 0 Å². The van der Waals surface area contributed by atoms with Gasteiger partial charge in [0.1, 0.15) is 6.29 Å². The van der Waals surface area contributed by atoms with Crippen molar-refractivity contribution in [2.24, 2.45) is 5.92 Å². The fourth-order valence-electron chi connectivity index (χ4n) is 3.81. The number of ether oxygens (including phenoxy) is 1. The number of carbonyl (C=O) groups excluding carboxylic acids is 2. The normalized spacial score (nSPS) is 27.0. The van der Waals surface area contributed by atoms with Crippen LogP contribution >= 0.6 is 0 Å². The lowest BCUT2D eigenvalue weighted by Gasteiger charge is -2.22. The minimum Gasteiger partial charge on any atom is -0.453 e. The number of amides is 1. The summed E-state index contributed by atoms with van der Waals surface area (Å²) >= 11 is 0. The number of hydrogen-bond acceptors (Lipinski definition) is 3. The van der Waals surface area contributed by atoms with Crippen molar-refractivity contribution in [1.82, 2.24) is 5.32 Å². The summed E-state index contributed by atoms with van der Waals surface area (Å²) in [6, 6.07) is 6.94. The molecule has 0 bridgehead atoms. The third-order valence-corrected chi connectivity index (χ3v) is 5.10. The molecule has 2 aliphatic carbocycles. The third kappa shape index (κ3) is 3.16. The molecular formula is C18H23NO3. The van der Waals surface area contributed by atoms with E-state index in [1.807, 2.05) is 0 Å². The van der Waals surface area contributed by atoms with E-state index in [-0.39, 0.29) is 18.1 Å². The maximum absolute atomic E-state index is 11.3. The molecule has 118 valence electrons. The van der Waals surface area contributed by atoms with Gasteiger partial charge in [-0.25, -0.2) is 4.79 Å². The van der Waals surface area contributed by atoms with Crippen LogP contribution in [0.4, 0.5) is 4.79 Å². The Morgan fingerprint density at radius 2 is 2.14 bits per heavy atom. The summed E-state index contributed by atoms with van der Waals surface area (Å²) in [6.45, 7) is 0. The third-order valence-electron chi connectivity index (χ3n) is 5.10. The van der Waals surface area contributed by atoms with Crippen molar-refractivity contribution >= 4 is 12.4 Å². The molecule has 1 amide bonds. The molecule has 3 atom stereocenters. The number of nitrogens with one attached hydrogen (secondary N) is 1. The van der Waals surface area contributed by atoms with Crippen LogP contribution in [-0.2, 0) is 22.4 Å². The Kier molecular flexibility index (Phi) is 4.46. The van der Waals surface area contributed by atoms with Gasteiger partial charge in [0, 0.05) is 12.0 Å². The van der Waals surface area contributed by atoms with Gasteiger partial charge in [0.15, 0.2) is 0 Å². The lowest BCUT2D eigenvalue weighted by molar-refractivity contribution is -0.111. The number of benzene rings is 1. The smallest absolute Gasteiger partial charge is 0.407 e. The summed E-state index contributed by atoms with van der Waals surface area (Å²) in [5.74, 6) is 0.703.